The maximum atomic E-state index is 12.8. The molecule has 3 aromatic rings. The van der Waals surface area contributed by atoms with Gasteiger partial charge in [-0.1, -0.05) is 48.5 Å². The molecule has 0 N–H and O–H groups in total. The highest BCUT2D eigenvalue weighted by Gasteiger charge is 2.12. The number of anilines is 1. The first-order valence-corrected chi connectivity index (χ1v) is 8.31. The summed E-state index contributed by atoms with van der Waals surface area (Å²) in [6.07, 6.45) is 7.82. The zero-order valence-electron chi connectivity index (χ0n) is 14.0. The highest BCUT2D eigenvalue weighted by atomic mass is 16.2. The molecule has 0 radical (unpaired) electrons. The Balaban J connectivity index is 1.76. The molecular weight excluding hydrogens is 308 g/mol. The summed E-state index contributed by atoms with van der Waals surface area (Å²) >= 11 is 0. The molecule has 0 aliphatic carbocycles. The van der Waals surface area contributed by atoms with Crippen molar-refractivity contribution in [2.24, 2.45) is 0 Å². The van der Waals surface area contributed by atoms with E-state index in [0.29, 0.717) is 6.54 Å². The van der Waals surface area contributed by atoms with E-state index >= 15 is 0 Å². The fourth-order valence-electron chi connectivity index (χ4n) is 2.59. The zero-order chi connectivity index (χ0) is 17.3. The van der Waals surface area contributed by atoms with E-state index in [9.17, 15) is 4.79 Å². The molecule has 2 aromatic carbocycles. The fraction of sp³-hybridized carbons (Fsp3) is 0.0909. The number of para-hydroxylation sites is 1. The first kappa shape index (κ1) is 16.7. The van der Waals surface area contributed by atoms with Crippen molar-refractivity contribution in [3.05, 3.63) is 102 Å². The molecule has 0 spiro atoms. The fourth-order valence-corrected chi connectivity index (χ4v) is 2.59. The van der Waals surface area contributed by atoms with Crippen LogP contribution in [-0.2, 0) is 11.2 Å². The highest BCUT2D eigenvalue weighted by Crippen LogP contribution is 2.15. The Morgan fingerprint density at radius 2 is 1.52 bits per heavy atom. The SMILES string of the molecule is O=C(C=Cc1ccccc1)N(CCc1ccncc1)c1ccccc1. The van der Waals surface area contributed by atoms with Crippen molar-refractivity contribution in [3.8, 4) is 0 Å². The Labute approximate surface area is 148 Å². The van der Waals surface area contributed by atoms with E-state index in [-0.39, 0.29) is 5.91 Å². The summed E-state index contributed by atoms with van der Waals surface area (Å²) < 4.78 is 0. The summed E-state index contributed by atoms with van der Waals surface area (Å²) in [6.45, 7) is 0.617. The van der Waals surface area contributed by atoms with E-state index in [1.54, 1.807) is 23.4 Å². The lowest BCUT2D eigenvalue weighted by Gasteiger charge is -2.21. The van der Waals surface area contributed by atoms with E-state index in [0.717, 1.165) is 23.2 Å². The Morgan fingerprint density at radius 3 is 2.20 bits per heavy atom. The van der Waals surface area contributed by atoms with Crippen molar-refractivity contribution in [2.75, 3.05) is 11.4 Å². The zero-order valence-corrected chi connectivity index (χ0v) is 14.0. The molecule has 3 heteroatoms. The molecule has 0 bridgehead atoms. The van der Waals surface area contributed by atoms with Crippen molar-refractivity contribution >= 4 is 17.7 Å². The molecule has 25 heavy (non-hydrogen) atoms. The second-order valence-corrected chi connectivity index (χ2v) is 5.67. The molecule has 0 saturated carbocycles. The lowest BCUT2D eigenvalue weighted by molar-refractivity contribution is -0.114. The van der Waals surface area contributed by atoms with E-state index in [4.69, 9.17) is 0 Å². The number of amides is 1. The normalized spacial score (nSPS) is 10.7. The van der Waals surface area contributed by atoms with Gasteiger partial charge in [0.05, 0.1) is 0 Å². The number of benzene rings is 2. The second kappa shape index (κ2) is 8.60. The maximum absolute atomic E-state index is 12.8. The standard InChI is InChI=1S/C22H20N2O/c25-22(12-11-19-7-3-1-4-8-19)24(21-9-5-2-6-10-21)18-15-20-13-16-23-17-14-20/h1-14,16-17H,15,18H2. The molecule has 124 valence electrons. The molecule has 1 amide bonds. The number of carbonyl (C=O) groups excluding carboxylic acids is 1. The van der Waals surface area contributed by atoms with Crippen LogP contribution >= 0.6 is 0 Å². The minimum absolute atomic E-state index is 0.0240. The van der Waals surface area contributed by atoms with Gasteiger partial charge in [-0.3, -0.25) is 9.78 Å². The van der Waals surface area contributed by atoms with Crippen molar-refractivity contribution in [1.29, 1.82) is 0 Å². The van der Waals surface area contributed by atoms with Crippen molar-refractivity contribution in [2.45, 2.75) is 6.42 Å². The van der Waals surface area contributed by atoms with E-state index in [2.05, 4.69) is 4.98 Å². The minimum atomic E-state index is -0.0240. The third-order valence-electron chi connectivity index (χ3n) is 3.93. The molecule has 3 nitrogen and oxygen atoms in total. The van der Waals surface area contributed by atoms with Crippen LogP contribution in [0, 0.1) is 0 Å². The molecule has 0 aliphatic heterocycles. The highest BCUT2D eigenvalue weighted by molar-refractivity contribution is 6.03. The summed E-state index contributed by atoms with van der Waals surface area (Å²) in [5.74, 6) is -0.0240. The number of nitrogens with zero attached hydrogens (tertiary/aromatic N) is 2. The quantitative estimate of drug-likeness (QED) is 0.630. The average molecular weight is 328 g/mol. The van der Waals surface area contributed by atoms with Gasteiger partial charge < -0.3 is 4.90 Å². The predicted octanol–water partition coefficient (Wildman–Crippen LogP) is 4.37. The molecule has 0 unspecified atom stereocenters. The van der Waals surface area contributed by atoms with Crippen LogP contribution in [0.3, 0.4) is 0 Å². The summed E-state index contributed by atoms with van der Waals surface area (Å²) in [4.78, 5) is 18.6. The van der Waals surface area contributed by atoms with Crippen LogP contribution in [0.1, 0.15) is 11.1 Å². The van der Waals surface area contributed by atoms with Gasteiger partial charge in [-0.15, -0.1) is 0 Å². The minimum Gasteiger partial charge on any atom is -0.309 e. The molecule has 1 heterocycles. The van der Waals surface area contributed by atoms with Crippen LogP contribution in [0.2, 0.25) is 0 Å². The number of carbonyl (C=O) groups is 1. The van der Waals surface area contributed by atoms with E-state index < -0.39 is 0 Å². The molecule has 0 fully saturated rings. The first-order valence-electron chi connectivity index (χ1n) is 8.31. The summed E-state index contributed by atoms with van der Waals surface area (Å²) in [5.41, 5.74) is 3.08. The average Bonchev–Trinajstić information content (AvgIpc) is 2.69. The smallest absolute Gasteiger partial charge is 0.250 e. The monoisotopic (exact) mass is 328 g/mol. The Kier molecular flexibility index (Phi) is 5.73. The van der Waals surface area contributed by atoms with Crippen LogP contribution < -0.4 is 4.90 Å². The van der Waals surface area contributed by atoms with Gasteiger partial charge in [0.25, 0.3) is 5.91 Å². The molecule has 0 atom stereocenters. The van der Waals surface area contributed by atoms with Crippen LogP contribution in [0.15, 0.2) is 91.3 Å². The molecular formula is C22H20N2O. The number of hydrogen-bond donors (Lipinski definition) is 0. The Hall–Kier alpha value is -3.20. The van der Waals surface area contributed by atoms with Crippen molar-refractivity contribution in [1.82, 2.24) is 4.98 Å². The van der Waals surface area contributed by atoms with Crippen molar-refractivity contribution in [3.63, 3.8) is 0 Å². The number of hydrogen-bond acceptors (Lipinski definition) is 2. The van der Waals surface area contributed by atoms with Gasteiger partial charge in [-0.2, -0.15) is 0 Å². The largest absolute Gasteiger partial charge is 0.309 e. The second-order valence-electron chi connectivity index (χ2n) is 5.67. The van der Waals surface area contributed by atoms with Crippen molar-refractivity contribution < 1.29 is 4.79 Å². The maximum Gasteiger partial charge on any atom is 0.250 e. The van der Waals surface area contributed by atoms with Gasteiger partial charge in [0.1, 0.15) is 0 Å². The van der Waals surface area contributed by atoms with Gasteiger partial charge in [-0.25, -0.2) is 0 Å². The van der Waals surface area contributed by atoms with Crippen LogP contribution in [0.4, 0.5) is 5.69 Å². The van der Waals surface area contributed by atoms with Gasteiger partial charge >= 0.3 is 0 Å². The number of pyridine rings is 1. The number of rotatable bonds is 6. The third kappa shape index (κ3) is 4.88. The molecule has 0 aliphatic rings. The molecule has 3 rings (SSSR count). The van der Waals surface area contributed by atoms with Gasteiger partial charge in [0.2, 0.25) is 0 Å². The Morgan fingerprint density at radius 1 is 0.880 bits per heavy atom. The predicted molar refractivity (Wildman–Crippen MR) is 102 cm³/mol. The third-order valence-corrected chi connectivity index (χ3v) is 3.93. The lowest BCUT2D eigenvalue weighted by Crippen LogP contribution is -2.31. The lowest BCUT2D eigenvalue weighted by atomic mass is 10.1. The molecule has 1 aromatic heterocycles. The van der Waals surface area contributed by atoms with Crippen LogP contribution in [0.5, 0.6) is 0 Å². The summed E-state index contributed by atoms with van der Waals surface area (Å²) in [5, 5.41) is 0. The topological polar surface area (TPSA) is 33.2 Å². The summed E-state index contributed by atoms with van der Waals surface area (Å²) in [6, 6.07) is 23.6. The van der Waals surface area contributed by atoms with Crippen LogP contribution in [-0.4, -0.2) is 17.4 Å². The van der Waals surface area contributed by atoms with E-state index in [1.807, 2.05) is 78.9 Å². The van der Waals surface area contributed by atoms with Gasteiger partial charge in [-0.05, 0) is 47.9 Å². The Bertz CT molecular complexity index is 814. The number of aromatic nitrogens is 1. The van der Waals surface area contributed by atoms with E-state index in [1.165, 1.54) is 0 Å². The van der Waals surface area contributed by atoms with Crippen LogP contribution in [0.25, 0.3) is 6.08 Å². The van der Waals surface area contributed by atoms with Gasteiger partial charge in [0.15, 0.2) is 0 Å². The molecule has 0 saturated heterocycles. The summed E-state index contributed by atoms with van der Waals surface area (Å²) in [7, 11) is 0. The first-order chi connectivity index (χ1) is 12.3. The van der Waals surface area contributed by atoms with Gasteiger partial charge in [0, 0.05) is 30.7 Å².